The number of amides is 1. The van der Waals surface area contributed by atoms with Gasteiger partial charge in [-0.25, -0.2) is 0 Å². The normalized spacial score (nSPS) is 23.4. The van der Waals surface area contributed by atoms with Crippen molar-refractivity contribution >= 4 is 5.91 Å². The lowest BCUT2D eigenvalue weighted by molar-refractivity contribution is -0.133. The molecular formula is C18H24N2O. The number of nitrogens with zero attached hydrogens (tertiary/aromatic N) is 2. The molecule has 0 N–H and O–H groups in total. The monoisotopic (exact) mass is 284 g/mol. The third kappa shape index (κ3) is 3.85. The molecule has 2 rings (SSSR count). The zero-order valence-electron chi connectivity index (χ0n) is 13.0. The van der Waals surface area contributed by atoms with E-state index >= 15 is 0 Å². The summed E-state index contributed by atoms with van der Waals surface area (Å²) in [6.45, 7) is 5.65. The Labute approximate surface area is 127 Å². The van der Waals surface area contributed by atoms with Gasteiger partial charge in [0.1, 0.15) is 0 Å². The molecule has 1 saturated heterocycles. The first-order valence-electron chi connectivity index (χ1n) is 7.88. The minimum absolute atomic E-state index is 0.133. The van der Waals surface area contributed by atoms with Crippen molar-refractivity contribution in [3.8, 4) is 6.07 Å². The van der Waals surface area contributed by atoms with Gasteiger partial charge in [-0.3, -0.25) is 4.79 Å². The third-order valence-electron chi connectivity index (χ3n) is 4.54. The summed E-state index contributed by atoms with van der Waals surface area (Å²) in [5.74, 6) is 1.01. The maximum absolute atomic E-state index is 12.2. The molecule has 1 aromatic rings. The molecule has 3 heteroatoms. The fraction of sp³-hybridized carbons (Fsp3) is 0.556. The van der Waals surface area contributed by atoms with Crippen LogP contribution in [0.1, 0.15) is 44.6 Å². The van der Waals surface area contributed by atoms with Gasteiger partial charge >= 0.3 is 0 Å². The number of piperidine rings is 1. The van der Waals surface area contributed by atoms with E-state index < -0.39 is 0 Å². The van der Waals surface area contributed by atoms with Crippen LogP contribution in [0.2, 0.25) is 0 Å². The van der Waals surface area contributed by atoms with Gasteiger partial charge in [-0.2, -0.15) is 5.26 Å². The third-order valence-corrected chi connectivity index (χ3v) is 4.54. The van der Waals surface area contributed by atoms with Crippen LogP contribution in [-0.2, 0) is 4.79 Å². The first-order valence-corrected chi connectivity index (χ1v) is 7.88. The van der Waals surface area contributed by atoms with Crippen LogP contribution in [0.25, 0.3) is 0 Å². The highest BCUT2D eigenvalue weighted by Gasteiger charge is 2.31. The highest BCUT2D eigenvalue weighted by Crippen LogP contribution is 2.35. The Morgan fingerprint density at radius 2 is 2.14 bits per heavy atom. The summed E-state index contributed by atoms with van der Waals surface area (Å²) >= 11 is 0. The summed E-state index contributed by atoms with van der Waals surface area (Å²) in [4.78, 5) is 14.2. The molecule has 0 aromatic heterocycles. The van der Waals surface area contributed by atoms with E-state index in [1.165, 1.54) is 5.56 Å². The molecule has 1 heterocycles. The number of hydrogen-bond acceptors (Lipinski definition) is 2. The quantitative estimate of drug-likeness (QED) is 0.848. The SMILES string of the molecule is CC[C@@H]1CN(C(=O)C[C@H](C)C#N)CC[C@@H]1c1ccccc1. The van der Waals surface area contributed by atoms with E-state index in [-0.39, 0.29) is 11.8 Å². The minimum Gasteiger partial charge on any atom is -0.342 e. The number of carbonyl (C=O) groups is 1. The van der Waals surface area contributed by atoms with Crippen molar-refractivity contribution in [3.05, 3.63) is 35.9 Å². The van der Waals surface area contributed by atoms with E-state index in [1.807, 2.05) is 17.9 Å². The van der Waals surface area contributed by atoms with Crippen molar-refractivity contribution in [2.24, 2.45) is 11.8 Å². The maximum Gasteiger partial charge on any atom is 0.223 e. The lowest BCUT2D eigenvalue weighted by Crippen LogP contribution is -2.43. The Morgan fingerprint density at radius 3 is 2.76 bits per heavy atom. The van der Waals surface area contributed by atoms with Gasteiger partial charge in [-0.05, 0) is 30.7 Å². The van der Waals surface area contributed by atoms with E-state index in [0.29, 0.717) is 18.3 Å². The van der Waals surface area contributed by atoms with Crippen molar-refractivity contribution in [1.82, 2.24) is 4.90 Å². The van der Waals surface area contributed by atoms with Gasteiger partial charge in [-0.1, -0.05) is 43.7 Å². The van der Waals surface area contributed by atoms with E-state index in [4.69, 9.17) is 5.26 Å². The summed E-state index contributed by atoms with van der Waals surface area (Å²) in [5.41, 5.74) is 1.39. The maximum atomic E-state index is 12.2. The number of nitriles is 1. The second-order valence-electron chi connectivity index (χ2n) is 6.05. The number of carbonyl (C=O) groups excluding carboxylic acids is 1. The van der Waals surface area contributed by atoms with Gasteiger partial charge in [0, 0.05) is 19.5 Å². The molecule has 0 radical (unpaired) electrons. The van der Waals surface area contributed by atoms with Crippen LogP contribution in [0.5, 0.6) is 0 Å². The standard InChI is InChI=1S/C18H24N2O/c1-3-15-13-20(18(21)11-14(2)12-19)10-9-17(15)16-7-5-4-6-8-16/h4-8,14-15,17H,3,9-11,13H2,1-2H3/t14-,15+,17-/m0/s1. The lowest BCUT2D eigenvalue weighted by Gasteiger charge is -2.39. The average molecular weight is 284 g/mol. The van der Waals surface area contributed by atoms with E-state index in [0.717, 1.165) is 25.9 Å². The Hall–Kier alpha value is -1.82. The minimum atomic E-state index is -0.190. The van der Waals surface area contributed by atoms with Crippen molar-refractivity contribution in [3.63, 3.8) is 0 Å². The molecule has 3 atom stereocenters. The van der Waals surface area contributed by atoms with Gasteiger partial charge in [0.05, 0.1) is 12.0 Å². The van der Waals surface area contributed by atoms with Crippen LogP contribution in [0, 0.1) is 23.2 Å². The van der Waals surface area contributed by atoms with E-state index in [1.54, 1.807) is 0 Å². The van der Waals surface area contributed by atoms with E-state index in [2.05, 4.69) is 37.3 Å². The molecule has 1 aliphatic rings. The Bertz CT molecular complexity index is 506. The van der Waals surface area contributed by atoms with Crippen LogP contribution < -0.4 is 0 Å². The largest absolute Gasteiger partial charge is 0.342 e. The lowest BCUT2D eigenvalue weighted by atomic mass is 9.79. The zero-order valence-corrected chi connectivity index (χ0v) is 13.0. The molecule has 0 bridgehead atoms. The van der Waals surface area contributed by atoms with Crippen LogP contribution in [0.4, 0.5) is 0 Å². The van der Waals surface area contributed by atoms with Crippen LogP contribution >= 0.6 is 0 Å². The molecule has 1 aliphatic heterocycles. The molecule has 3 nitrogen and oxygen atoms in total. The first-order chi connectivity index (χ1) is 10.2. The molecule has 1 fully saturated rings. The fourth-order valence-corrected chi connectivity index (χ4v) is 3.25. The molecule has 21 heavy (non-hydrogen) atoms. The second kappa shape index (κ2) is 7.26. The molecule has 1 amide bonds. The van der Waals surface area contributed by atoms with Gasteiger partial charge in [0.2, 0.25) is 5.91 Å². The molecular weight excluding hydrogens is 260 g/mol. The molecule has 0 aliphatic carbocycles. The zero-order chi connectivity index (χ0) is 15.2. The van der Waals surface area contributed by atoms with Crippen molar-refractivity contribution < 1.29 is 4.79 Å². The topological polar surface area (TPSA) is 44.1 Å². The summed E-state index contributed by atoms with van der Waals surface area (Å²) in [7, 11) is 0. The van der Waals surface area contributed by atoms with Crippen LogP contribution in [-0.4, -0.2) is 23.9 Å². The predicted molar refractivity (Wildman–Crippen MR) is 83.6 cm³/mol. The van der Waals surface area contributed by atoms with Gasteiger partial charge in [0.15, 0.2) is 0 Å². The molecule has 0 spiro atoms. The Kier molecular flexibility index (Phi) is 5.38. The number of hydrogen-bond donors (Lipinski definition) is 0. The van der Waals surface area contributed by atoms with Crippen LogP contribution in [0.15, 0.2) is 30.3 Å². The molecule has 112 valence electrons. The highest BCUT2D eigenvalue weighted by atomic mass is 16.2. The Balaban J connectivity index is 2.02. The van der Waals surface area contributed by atoms with Crippen molar-refractivity contribution in [1.29, 1.82) is 5.26 Å². The van der Waals surface area contributed by atoms with E-state index in [9.17, 15) is 4.79 Å². The van der Waals surface area contributed by atoms with Crippen molar-refractivity contribution in [2.75, 3.05) is 13.1 Å². The Morgan fingerprint density at radius 1 is 1.43 bits per heavy atom. The predicted octanol–water partition coefficient (Wildman–Crippen LogP) is 3.58. The summed E-state index contributed by atoms with van der Waals surface area (Å²) < 4.78 is 0. The van der Waals surface area contributed by atoms with Crippen molar-refractivity contribution in [2.45, 2.75) is 39.0 Å². The molecule has 0 unspecified atom stereocenters. The second-order valence-corrected chi connectivity index (χ2v) is 6.05. The van der Waals surface area contributed by atoms with Crippen LogP contribution in [0.3, 0.4) is 0 Å². The van der Waals surface area contributed by atoms with Gasteiger partial charge in [0.25, 0.3) is 0 Å². The average Bonchev–Trinajstić information content (AvgIpc) is 2.54. The number of likely N-dealkylation sites (tertiary alicyclic amines) is 1. The summed E-state index contributed by atoms with van der Waals surface area (Å²) in [6.07, 6.45) is 2.45. The summed E-state index contributed by atoms with van der Waals surface area (Å²) in [6, 6.07) is 12.8. The number of benzene rings is 1. The number of rotatable bonds is 4. The molecule has 1 aromatic carbocycles. The molecule has 0 saturated carbocycles. The fourth-order valence-electron chi connectivity index (χ4n) is 3.25. The summed E-state index contributed by atoms with van der Waals surface area (Å²) in [5, 5.41) is 8.85. The first kappa shape index (κ1) is 15.6. The van der Waals surface area contributed by atoms with Gasteiger partial charge < -0.3 is 4.90 Å². The van der Waals surface area contributed by atoms with Gasteiger partial charge in [-0.15, -0.1) is 0 Å². The smallest absolute Gasteiger partial charge is 0.223 e. The highest BCUT2D eigenvalue weighted by molar-refractivity contribution is 5.76.